The summed E-state index contributed by atoms with van der Waals surface area (Å²) in [5.41, 5.74) is 28.4. The molecule has 0 aliphatic rings. The molecule has 6 aromatic rings. The Balaban J connectivity index is 0.000000267. The van der Waals surface area contributed by atoms with Crippen LogP contribution in [0.1, 0.15) is 23.6 Å². The van der Waals surface area contributed by atoms with E-state index in [2.05, 4.69) is 15.0 Å². The van der Waals surface area contributed by atoms with Crippen LogP contribution < -0.4 is 0 Å². The number of aliphatic hydroxyl groups excluding tert-OH is 1. The Kier molecular flexibility index (Phi) is 14.7. The normalized spacial score (nSPS) is 9.92. The molecule has 0 aliphatic heterocycles. The number of fused-ring (bicyclic) bond motifs is 3. The van der Waals surface area contributed by atoms with Gasteiger partial charge in [0.05, 0.1) is 0 Å². The molecule has 0 aliphatic carbocycles. The summed E-state index contributed by atoms with van der Waals surface area (Å²) in [4.78, 5) is 12.3. The summed E-state index contributed by atoms with van der Waals surface area (Å²) in [5, 5.41) is 16.4. The predicted octanol–water partition coefficient (Wildman–Crippen LogP) is 9.18. The minimum absolute atomic E-state index is 0. The van der Waals surface area contributed by atoms with Crippen molar-refractivity contribution in [1.29, 1.82) is 0 Å². The second-order valence-corrected chi connectivity index (χ2v) is 11.0. The van der Waals surface area contributed by atoms with Crippen molar-refractivity contribution in [1.82, 2.24) is 15.0 Å². The topological polar surface area (TPSA) is 151 Å². The van der Waals surface area contributed by atoms with Crippen LogP contribution >= 0.6 is 34.0 Å². The van der Waals surface area contributed by atoms with Gasteiger partial charge >= 0.3 is 21.1 Å². The minimum atomic E-state index is -1.17. The molecule has 0 atom stereocenters. The van der Waals surface area contributed by atoms with E-state index in [-0.39, 0.29) is 42.1 Å². The predicted molar refractivity (Wildman–Crippen MR) is 159 cm³/mol. The maximum Gasteiger partial charge on any atom is 2.00 e. The van der Waals surface area contributed by atoms with Gasteiger partial charge in [-0.2, -0.15) is 0 Å². The van der Waals surface area contributed by atoms with Crippen molar-refractivity contribution in [3.63, 3.8) is 0 Å². The Bertz CT molecular complexity index is 1430. The molecule has 3 aromatic heterocycles. The van der Waals surface area contributed by atoms with Crippen LogP contribution in [0.15, 0.2) is 54.6 Å². The maximum absolute atomic E-state index is 7.61. The van der Waals surface area contributed by atoms with Gasteiger partial charge in [0.1, 0.15) is 6.29 Å². The second-order valence-electron chi connectivity index (χ2n) is 7.95. The van der Waals surface area contributed by atoms with E-state index in [4.69, 9.17) is 27.4 Å². The molecule has 0 saturated heterocycles. The van der Waals surface area contributed by atoms with E-state index in [1.165, 1.54) is 40.9 Å². The summed E-state index contributed by atoms with van der Waals surface area (Å²) < 4.78 is 3.32. The molecule has 0 unspecified atom stereocenters. The molecule has 6 rings (SSSR count). The van der Waals surface area contributed by atoms with Gasteiger partial charge in [-0.15, -0.1) is 34.0 Å². The zero-order valence-corrected chi connectivity index (χ0v) is 28.0. The molecule has 0 fully saturated rings. The van der Waals surface area contributed by atoms with Gasteiger partial charge in [-0.25, -0.2) is 0 Å². The fourth-order valence-electron chi connectivity index (χ4n) is 3.26. The molecule has 13 heteroatoms. The van der Waals surface area contributed by atoms with Gasteiger partial charge in [0, 0.05) is 35.2 Å². The van der Waals surface area contributed by atoms with Gasteiger partial charge in [-0.1, -0.05) is 36.4 Å². The first-order chi connectivity index (χ1) is 17.5. The molecular weight excluding hydrogens is 716 g/mol. The first-order valence-corrected chi connectivity index (χ1v) is 13.6. The van der Waals surface area contributed by atoms with Crippen LogP contribution in [0.4, 0.5) is 15.4 Å². The van der Waals surface area contributed by atoms with E-state index in [1.807, 2.05) is 75.4 Å². The van der Waals surface area contributed by atoms with Crippen LogP contribution in [0.5, 0.6) is 0 Å². The molecule has 39 heavy (non-hydrogen) atoms. The van der Waals surface area contributed by atoms with Gasteiger partial charge in [-0.05, 0) is 94.5 Å². The van der Waals surface area contributed by atoms with E-state index < -0.39 is 6.29 Å². The number of aryl methyl sites for hydroxylation is 3. The van der Waals surface area contributed by atoms with E-state index in [1.54, 1.807) is 0 Å². The zero-order chi connectivity index (χ0) is 27.1. The van der Waals surface area contributed by atoms with Crippen molar-refractivity contribution in [2.45, 2.75) is 34.0 Å². The molecular formula is C26H27Mo2N6O2S3-. The standard InChI is InChI=1S/3C8H7N2S.C2H6O2.2Mo/c3*1-5-3-2-4-6-7(5)10-8(9)11-6;1-2(3)4;;/h3*2-4H,1H3,(H-,9,10);2-4H,1H3;;/q3*-1;;;+2. The van der Waals surface area contributed by atoms with Crippen LogP contribution in [-0.4, -0.2) is 31.5 Å². The number of hydrogen-bond donors (Lipinski definition) is 2. The largest absolute Gasteiger partial charge is 2.00 e. The van der Waals surface area contributed by atoms with Gasteiger partial charge in [0.2, 0.25) is 0 Å². The quantitative estimate of drug-likeness (QED) is 0.118. The number of para-hydroxylation sites is 3. The number of aliphatic hydroxyl groups is 2. The van der Waals surface area contributed by atoms with E-state index in [0.29, 0.717) is 15.4 Å². The first-order valence-electron chi connectivity index (χ1n) is 11.1. The Morgan fingerprint density at radius 1 is 0.590 bits per heavy atom. The smallest absolute Gasteiger partial charge is 0.473 e. The third kappa shape index (κ3) is 10.2. The molecule has 3 aromatic carbocycles. The summed E-state index contributed by atoms with van der Waals surface area (Å²) in [7, 11) is 0. The third-order valence-electron chi connectivity index (χ3n) is 4.86. The molecule has 204 valence electrons. The molecule has 0 saturated carbocycles. The molecule has 8 nitrogen and oxygen atoms in total. The number of hydrogen-bond acceptors (Lipinski definition) is 8. The van der Waals surface area contributed by atoms with Crippen LogP contribution in [-0.2, 0) is 42.1 Å². The Morgan fingerprint density at radius 2 is 0.821 bits per heavy atom. The minimum Gasteiger partial charge on any atom is -0.473 e. The summed E-state index contributed by atoms with van der Waals surface area (Å²) in [6, 6.07) is 18.0. The average Bonchev–Trinajstić information content (AvgIpc) is 3.51. The fourth-order valence-corrected chi connectivity index (χ4v) is 5.64. The number of nitrogens with zero attached hydrogens (tertiary/aromatic N) is 3. The Hall–Kier alpha value is -1.97. The van der Waals surface area contributed by atoms with Crippen LogP contribution in [0.25, 0.3) is 47.9 Å². The number of thiazole rings is 3. The Morgan fingerprint density at radius 3 is 1.03 bits per heavy atom. The van der Waals surface area contributed by atoms with Gasteiger partial charge < -0.3 is 42.4 Å². The number of nitrogens with one attached hydrogen (secondary N) is 3. The number of rotatable bonds is 0. The number of aromatic nitrogens is 3. The summed E-state index contributed by atoms with van der Waals surface area (Å²) in [6.07, 6.45) is -1.17. The summed E-state index contributed by atoms with van der Waals surface area (Å²) in [5.74, 6) is 0. The zero-order valence-electron chi connectivity index (χ0n) is 21.6. The summed E-state index contributed by atoms with van der Waals surface area (Å²) in [6.45, 7) is 7.32. The van der Waals surface area contributed by atoms with Crippen molar-refractivity contribution >= 4 is 80.1 Å². The van der Waals surface area contributed by atoms with Crippen molar-refractivity contribution < 1.29 is 52.3 Å². The number of benzene rings is 3. The van der Waals surface area contributed by atoms with Gasteiger partial charge in [-0.3, -0.25) is 0 Å². The molecule has 0 spiro atoms. The molecule has 5 N–H and O–H groups in total. The maximum atomic E-state index is 7.61. The van der Waals surface area contributed by atoms with Crippen molar-refractivity contribution in [3.8, 4) is 0 Å². The summed E-state index contributed by atoms with van der Waals surface area (Å²) >= 11 is 4.27. The average molecular weight is 744 g/mol. The van der Waals surface area contributed by atoms with Crippen molar-refractivity contribution in [3.05, 3.63) is 88.5 Å². The van der Waals surface area contributed by atoms with Crippen LogP contribution in [0, 0.1) is 20.8 Å². The molecule has 0 amide bonds. The van der Waals surface area contributed by atoms with E-state index >= 15 is 0 Å². The van der Waals surface area contributed by atoms with E-state index in [0.717, 1.165) is 47.3 Å². The molecule has 3 heterocycles. The van der Waals surface area contributed by atoms with Crippen LogP contribution in [0.2, 0.25) is 0 Å². The van der Waals surface area contributed by atoms with Crippen LogP contribution in [0.3, 0.4) is 0 Å². The van der Waals surface area contributed by atoms with E-state index in [9.17, 15) is 0 Å². The van der Waals surface area contributed by atoms with Crippen molar-refractivity contribution in [2.24, 2.45) is 0 Å². The monoisotopic (exact) mass is 747 g/mol. The fraction of sp³-hybridized carbons (Fsp3) is 0.192. The van der Waals surface area contributed by atoms with Gasteiger partial charge in [0.25, 0.3) is 0 Å². The molecule has 0 radical (unpaired) electrons. The van der Waals surface area contributed by atoms with Gasteiger partial charge in [0.15, 0.2) is 0 Å². The SMILES string of the molecule is CC(O)O.Cc1cccc2sc([NH-])nc12.Cc1cccc2sc([NH-])nc12.Cc1cccc2sc([NH-])nc12.[Mo+2].[Mo]. The third-order valence-corrected chi connectivity index (χ3v) is 7.36. The second kappa shape index (κ2) is 16.3. The van der Waals surface area contributed by atoms with Crippen molar-refractivity contribution in [2.75, 3.05) is 0 Å². The first kappa shape index (κ1) is 35.1. The molecule has 0 bridgehead atoms. The Labute approximate surface area is 267 Å².